The lowest BCUT2D eigenvalue weighted by molar-refractivity contribution is 0.142. The molecule has 148 valence electrons. The van der Waals surface area contributed by atoms with Crippen LogP contribution in [-0.2, 0) is 0 Å². The fourth-order valence-electron chi connectivity index (χ4n) is 3.75. The van der Waals surface area contributed by atoms with Crippen LogP contribution in [0.4, 0.5) is 10.1 Å². The zero-order valence-corrected chi connectivity index (χ0v) is 16.8. The van der Waals surface area contributed by atoms with Crippen LogP contribution in [0.2, 0.25) is 0 Å². The Morgan fingerprint density at radius 2 is 1.89 bits per heavy atom. The number of rotatable bonds is 6. The zero-order valence-electron chi connectivity index (χ0n) is 16.0. The van der Waals surface area contributed by atoms with Gasteiger partial charge < -0.3 is 14.7 Å². The first-order chi connectivity index (χ1) is 13.6. The lowest BCUT2D eigenvalue weighted by Crippen LogP contribution is -2.46. The third-order valence-corrected chi connectivity index (χ3v) is 6.56. The van der Waals surface area contributed by atoms with E-state index in [4.69, 9.17) is 4.74 Å². The molecule has 28 heavy (non-hydrogen) atoms. The highest BCUT2D eigenvalue weighted by atomic mass is 32.1. The van der Waals surface area contributed by atoms with Gasteiger partial charge in [-0.1, -0.05) is 12.1 Å². The summed E-state index contributed by atoms with van der Waals surface area (Å²) in [6.45, 7) is 4.66. The minimum Gasteiger partial charge on any atom is -0.495 e. The number of ether oxygens (including phenoxy) is 1. The smallest absolute Gasteiger partial charge is 0.142 e. The standard InChI is InChI=1S/C22H25FN2O2S/c1-27-20-5-3-2-4-18(20)25-12-10-24(11-13-25)9-8-19(26)22-15-16-14-17(23)6-7-21(16)28-22/h2-7,14-15,19,26H,8-13H2,1H3. The molecule has 1 aliphatic heterocycles. The van der Waals surface area contributed by atoms with E-state index in [1.54, 1.807) is 24.5 Å². The summed E-state index contributed by atoms with van der Waals surface area (Å²) in [5, 5.41) is 11.4. The summed E-state index contributed by atoms with van der Waals surface area (Å²) in [7, 11) is 1.71. The molecular weight excluding hydrogens is 375 g/mol. The summed E-state index contributed by atoms with van der Waals surface area (Å²) in [5.74, 6) is 0.673. The Hall–Kier alpha value is -2.15. The number of aliphatic hydroxyl groups is 1. The van der Waals surface area contributed by atoms with E-state index in [0.29, 0.717) is 6.42 Å². The summed E-state index contributed by atoms with van der Waals surface area (Å²) in [6.07, 6.45) is 0.178. The number of nitrogens with zero attached hydrogens (tertiary/aromatic N) is 2. The molecule has 4 rings (SSSR count). The maximum Gasteiger partial charge on any atom is 0.142 e. The van der Waals surface area contributed by atoms with Gasteiger partial charge in [-0.2, -0.15) is 0 Å². The Balaban J connectivity index is 1.31. The molecular formula is C22H25FN2O2S. The second-order valence-corrected chi connectivity index (χ2v) is 8.25. The number of aliphatic hydroxyl groups excluding tert-OH is 1. The predicted molar refractivity (Wildman–Crippen MR) is 113 cm³/mol. The monoisotopic (exact) mass is 400 g/mol. The molecule has 1 aromatic heterocycles. The molecule has 0 spiro atoms. The molecule has 3 aromatic rings. The van der Waals surface area contributed by atoms with Crippen molar-refractivity contribution < 1.29 is 14.2 Å². The highest BCUT2D eigenvalue weighted by Gasteiger charge is 2.20. The van der Waals surface area contributed by atoms with Crippen molar-refractivity contribution in [3.05, 3.63) is 59.2 Å². The van der Waals surface area contributed by atoms with Crippen LogP contribution in [-0.4, -0.2) is 49.8 Å². The van der Waals surface area contributed by atoms with Crippen LogP contribution in [0.25, 0.3) is 10.1 Å². The van der Waals surface area contributed by atoms with E-state index in [1.165, 1.54) is 12.1 Å². The molecule has 1 unspecified atom stereocenters. The van der Waals surface area contributed by atoms with Gasteiger partial charge in [-0.25, -0.2) is 4.39 Å². The lowest BCUT2D eigenvalue weighted by atomic mass is 10.1. The normalized spacial score (nSPS) is 16.5. The molecule has 1 N–H and O–H groups in total. The summed E-state index contributed by atoms with van der Waals surface area (Å²) in [6, 6.07) is 14.8. The van der Waals surface area contributed by atoms with Crippen LogP contribution < -0.4 is 9.64 Å². The van der Waals surface area contributed by atoms with Crippen LogP contribution in [0.3, 0.4) is 0 Å². The van der Waals surface area contributed by atoms with Crippen molar-refractivity contribution in [2.75, 3.05) is 44.7 Å². The van der Waals surface area contributed by atoms with Gasteiger partial charge in [-0.15, -0.1) is 11.3 Å². The van der Waals surface area contributed by atoms with Crippen molar-refractivity contribution in [2.45, 2.75) is 12.5 Å². The van der Waals surface area contributed by atoms with E-state index in [0.717, 1.165) is 59.1 Å². The molecule has 1 atom stereocenters. The van der Waals surface area contributed by atoms with E-state index in [-0.39, 0.29) is 5.82 Å². The van der Waals surface area contributed by atoms with E-state index >= 15 is 0 Å². The van der Waals surface area contributed by atoms with Crippen molar-refractivity contribution in [3.63, 3.8) is 0 Å². The Labute approximate surface area is 168 Å². The van der Waals surface area contributed by atoms with Gasteiger partial charge in [-0.3, -0.25) is 4.90 Å². The number of benzene rings is 2. The minimum atomic E-state index is -0.507. The van der Waals surface area contributed by atoms with Gasteiger partial charge in [0.25, 0.3) is 0 Å². The topological polar surface area (TPSA) is 35.9 Å². The second-order valence-electron chi connectivity index (χ2n) is 7.14. The van der Waals surface area contributed by atoms with Gasteiger partial charge in [0, 0.05) is 42.3 Å². The molecule has 0 amide bonds. The number of para-hydroxylation sites is 2. The van der Waals surface area contributed by atoms with Gasteiger partial charge in [0.15, 0.2) is 0 Å². The maximum absolute atomic E-state index is 13.4. The SMILES string of the molecule is COc1ccccc1N1CCN(CCC(O)c2cc3cc(F)ccc3s2)CC1. The van der Waals surface area contributed by atoms with E-state index in [9.17, 15) is 9.50 Å². The van der Waals surface area contributed by atoms with Gasteiger partial charge in [0.05, 0.1) is 18.9 Å². The number of thiophene rings is 1. The zero-order chi connectivity index (χ0) is 19.5. The van der Waals surface area contributed by atoms with Crippen LogP contribution in [0.1, 0.15) is 17.4 Å². The average Bonchev–Trinajstić information content (AvgIpc) is 3.15. The number of methoxy groups -OCH3 is 1. The summed E-state index contributed by atoms with van der Waals surface area (Å²) in [4.78, 5) is 5.65. The molecule has 0 saturated carbocycles. The van der Waals surface area contributed by atoms with Crippen molar-refractivity contribution in [2.24, 2.45) is 0 Å². The summed E-state index contributed by atoms with van der Waals surface area (Å²) < 4.78 is 19.9. The first-order valence-corrected chi connectivity index (χ1v) is 10.4. The maximum atomic E-state index is 13.4. The molecule has 4 nitrogen and oxygen atoms in total. The van der Waals surface area contributed by atoms with Gasteiger partial charge >= 0.3 is 0 Å². The first kappa shape index (κ1) is 19.2. The molecule has 6 heteroatoms. The van der Waals surface area contributed by atoms with Gasteiger partial charge in [0.2, 0.25) is 0 Å². The van der Waals surface area contributed by atoms with E-state index in [2.05, 4.69) is 15.9 Å². The number of anilines is 1. The summed E-state index contributed by atoms with van der Waals surface area (Å²) >= 11 is 1.55. The van der Waals surface area contributed by atoms with Crippen molar-refractivity contribution >= 4 is 27.1 Å². The number of fused-ring (bicyclic) bond motifs is 1. The molecule has 1 saturated heterocycles. The molecule has 1 fully saturated rings. The largest absolute Gasteiger partial charge is 0.495 e. The first-order valence-electron chi connectivity index (χ1n) is 9.61. The summed E-state index contributed by atoms with van der Waals surface area (Å²) in [5.41, 5.74) is 1.14. The number of halogens is 1. The quantitative estimate of drug-likeness (QED) is 0.669. The highest BCUT2D eigenvalue weighted by molar-refractivity contribution is 7.19. The molecule has 0 aliphatic carbocycles. The van der Waals surface area contributed by atoms with E-state index in [1.807, 2.05) is 24.3 Å². The van der Waals surface area contributed by atoms with E-state index < -0.39 is 6.10 Å². The fraction of sp³-hybridized carbons (Fsp3) is 0.364. The van der Waals surface area contributed by atoms with Gasteiger partial charge in [0.1, 0.15) is 11.6 Å². The average molecular weight is 401 g/mol. The number of piperazine rings is 1. The molecule has 2 heterocycles. The minimum absolute atomic E-state index is 0.237. The molecule has 2 aromatic carbocycles. The van der Waals surface area contributed by atoms with Crippen molar-refractivity contribution in [1.82, 2.24) is 4.90 Å². The number of hydrogen-bond acceptors (Lipinski definition) is 5. The molecule has 1 aliphatic rings. The Morgan fingerprint density at radius 1 is 1.11 bits per heavy atom. The Kier molecular flexibility index (Phi) is 5.80. The lowest BCUT2D eigenvalue weighted by Gasteiger charge is -2.36. The molecule has 0 bridgehead atoms. The van der Waals surface area contributed by atoms with Crippen LogP contribution in [0.5, 0.6) is 5.75 Å². The van der Waals surface area contributed by atoms with Crippen LogP contribution >= 0.6 is 11.3 Å². The Morgan fingerprint density at radius 3 is 2.68 bits per heavy atom. The van der Waals surface area contributed by atoms with Crippen molar-refractivity contribution in [3.8, 4) is 5.75 Å². The van der Waals surface area contributed by atoms with Crippen molar-refractivity contribution in [1.29, 1.82) is 0 Å². The van der Waals surface area contributed by atoms with Crippen LogP contribution in [0.15, 0.2) is 48.5 Å². The van der Waals surface area contributed by atoms with Gasteiger partial charge in [-0.05, 0) is 48.2 Å². The highest BCUT2D eigenvalue weighted by Crippen LogP contribution is 2.32. The fourth-order valence-corrected chi connectivity index (χ4v) is 4.81. The second kappa shape index (κ2) is 8.47. The predicted octanol–water partition coefficient (Wildman–Crippen LogP) is 4.29. The van der Waals surface area contributed by atoms with Crippen LogP contribution in [0, 0.1) is 5.82 Å². The molecule has 0 radical (unpaired) electrons. The third-order valence-electron chi connectivity index (χ3n) is 5.34. The Bertz CT molecular complexity index is 937. The number of hydrogen-bond donors (Lipinski definition) is 1. The third kappa shape index (κ3) is 4.14.